The topological polar surface area (TPSA) is 84.9 Å². The van der Waals surface area contributed by atoms with Crippen molar-refractivity contribution >= 4 is 20.8 Å². The summed E-state index contributed by atoms with van der Waals surface area (Å²) in [4.78, 5) is 0.139. The predicted octanol–water partition coefficient (Wildman–Crippen LogP) is 1.88. The van der Waals surface area contributed by atoms with E-state index >= 15 is 0 Å². The maximum atomic E-state index is 12.4. The molecule has 23 heavy (non-hydrogen) atoms. The van der Waals surface area contributed by atoms with E-state index in [1.165, 1.54) is 12.1 Å². The van der Waals surface area contributed by atoms with Gasteiger partial charge in [0.25, 0.3) is 0 Å². The van der Waals surface area contributed by atoms with Crippen LogP contribution in [0.15, 0.2) is 41.3 Å². The van der Waals surface area contributed by atoms with Gasteiger partial charge in [0.1, 0.15) is 5.75 Å². The standard InChI is InChI=1S/C16H21NO5S/c1-2-21-11-12-22-10-9-17-23(19,20)16-8-7-15(18)13-5-3-4-6-14(13)16/h3-8,17-18H,2,9-12H2,1H3. The first kappa shape index (κ1) is 17.7. The first-order valence-electron chi connectivity index (χ1n) is 7.42. The zero-order chi connectivity index (χ0) is 16.7. The van der Waals surface area contributed by atoms with Gasteiger partial charge in [0.05, 0.1) is 24.7 Å². The van der Waals surface area contributed by atoms with Crippen LogP contribution in [0.25, 0.3) is 10.8 Å². The second-order valence-electron chi connectivity index (χ2n) is 4.84. The molecule has 0 unspecified atom stereocenters. The predicted molar refractivity (Wildman–Crippen MR) is 88.1 cm³/mol. The SMILES string of the molecule is CCOCCOCCNS(=O)(=O)c1ccc(O)c2ccccc12. The molecule has 7 heteroatoms. The minimum atomic E-state index is -3.67. The average molecular weight is 339 g/mol. The van der Waals surface area contributed by atoms with Crippen LogP contribution >= 0.6 is 0 Å². The summed E-state index contributed by atoms with van der Waals surface area (Å²) >= 11 is 0. The molecule has 0 radical (unpaired) electrons. The molecule has 0 spiro atoms. The Kier molecular flexibility index (Phi) is 6.35. The highest BCUT2D eigenvalue weighted by molar-refractivity contribution is 7.89. The number of nitrogens with one attached hydrogen (secondary N) is 1. The van der Waals surface area contributed by atoms with Crippen LogP contribution in [-0.4, -0.2) is 46.5 Å². The Morgan fingerprint density at radius 2 is 1.70 bits per heavy atom. The lowest BCUT2D eigenvalue weighted by Gasteiger charge is -2.11. The monoisotopic (exact) mass is 339 g/mol. The molecule has 0 aliphatic carbocycles. The van der Waals surface area contributed by atoms with Crippen LogP contribution in [0.4, 0.5) is 0 Å². The van der Waals surface area contributed by atoms with E-state index in [-0.39, 0.29) is 23.8 Å². The Bertz CT molecular complexity index is 745. The van der Waals surface area contributed by atoms with Crippen LogP contribution in [0.3, 0.4) is 0 Å². The fourth-order valence-corrected chi connectivity index (χ4v) is 3.40. The van der Waals surface area contributed by atoms with E-state index in [0.29, 0.717) is 30.6 Å². The van der Waals surface area contributed by atoms with Crippen molar-refractivity contribution in [1.82, 2.24) is 4.72 Å². The summed E-state index contributed by atoms with van der Waals surface area (Å²) in [7, 11) is -3.67. The van der Waals surface area contributed by atoms with E-state index < -0.39 is 10.0 Å². The number of aromatic hydroxyl groups is 1. The Balaban J connectivity index is 2.02. The molecular formula is C16H21NO5S. The lowest BCUT2D eigenvalue weighted by Crippen LogP contribution is -2.28. The van der Waals surface area contributed by atoms with Crippen molar-refractivity contribution in [2.45, 2.75) is 11.8 Å². The lowest BCUT2D eigenvalue weighted by molar-refractivity contribution is 0.0552. The summed E-state index contributed by atoms with van der Waals surface area (Å²) in [6.45, 7) is 3.88. The van der Waals surface area contributed by atoms with Gasteiger partial charge in [-0.3, -0.25) is 0 Å². The van der Waals surface area contributed by atoms with Crippen LogP contribution in [0.1, 0.15) is 6.92 Å². The Labute approximate surface area is 136 Å². The number of phenolic OH excluding ortho intramolecular Hbond substituents is 1. The number of sulfonamides is 1. The number of benzene rings is 2. The van der Waals surface area contributed by atoms with Gasteiger partial charge in [-0.15, -0.1) is 0 Å². The minimum absolute atomic E-state index is 0.0545. The molecule has 126 valence electrons. The van der Waals surface area contributed by atoms with Gasteiger partial charge < -0.3 is 14.6 Å². The van der Waals surface area contributed by atoms with Crippen molar-refractivity contribution in [3.05, 3.63) is 36.4 Å². The van der Waals surface area contributed by atoms with E-state index in [2.05, 4.69) is 4.72 Å². The number of phenols is 1. The van der Waals surface area contributed by atoms with Crippen LogP contribution in [0.2, 0.25) is 0 Å². The van der Waals surface area contributed by atoms with Gasteiger partial charge in [-0.25, -0.2) is 13.1 Å². The number of hydrogen-bond donors (Lipinski definition) is 2. The zero-order valence-electron chi connectivity index (χ0n) is 13.0. The molecule has 2 aromatic rings. The molecule has 0 saturated heterocycles. The van der Waals surface area contributed by atoms with E-state index in [1.807, 2.05) is 6.92 Å². The summed E-state index contributed by atoms with van der Waals surface area (Å²) in [5.41, 5.74) is 0. The van der Waals surface area contributed by atoms with Crippen molar-refractivity contribution in [3.8, 4) is 5.75 Å². The van der Waals surface area contributed by atoms with Gasteiger partial charge in [0, 0.05) is 23.9 Å². The van der Waals surface area contributed by atoms with E-state index in [0.717, 1.165) is 0 Å². The van der Waals surface area contributed by atoms with Crippen molar-refractivity contribution in [2.75, 3.05) is 33.0 Å². The Morgan fingerprint density at radius 3 is 2.43 bits per heavy atom. The van der Waals surface area contributed by atoms with Gasteiger partial charge in [-0.1, -0.05) is 24.3 Å². The molecule has 0 aliphatic rings. The molecule has 6 nitrogen and oxygen atoms in total. The van der Waals surface area contributed by atoms with Gasteiger partial charge >= 0.3 is 0 Å². The van der Waals surface area contributed by atoms with E-state index in [4.69, 9.17) is 9.47 Å². The second kappa shape index (κ2) is 8.26. The fraction of sp³-hybridized carbons (Fsp3) is 0.375. The Hall–Kier alpha value is -1.67. The summed E-state index contributed by atoms with van der Waals surface area (Å²) in [5.74, 6) is 0.0545. The number of hydrogen-bond acceptors (Lipinski definition) is 5. The third-order valence-electron chi connectivity index (χ3n) is 3.27. The first-order chi connectivity index (χ1) is 11.1. The number of fused-ring (bicyclic) bond motifs is 1. The van der Waals surface area contributed by atoms with Crippen LogP contribution in [0, 0.1) is 0 Å². The fourth-order valence-electron chi connectivity index (χ4n) is 2.18. The zero-order valence-corrected chi connectivity index (χ0v) is 13.8. The first-order valence-corrected chi connectivity index (χ1v) is 8.90. The molecule has 0 heterocycles. The average Bonchev–Trinajstić information content (AvgIpc) is 2.54. The molecule has 0 amide bonds. The quantitative estimate of drug-likeness (QED) is 0.681. The molecule has 2 rings (SSSR count). The molecule has 0 fully saturated rings. The summed E-state index contributed by atoms with van der Waals surface area (Å²) < 4.78 is 37.7. The third-order valence-corrected chi connectivity index (χ3v) is 4.78. The van der Waals surface area contributed by atoms with Gasteiger partial charge in [-0.05, 0) is 19.1 Å². The van der Waals surface area contributed by atoms with E-state index in [9.17, 15) is 13.5 Å². The van der Waals surface area contributed by atoms with Gasteiger partial charge in [0.15, 0.2) is 0 Å². The lowest BCUT2D eigenvalue weighted by atomic mass is 10.1. The van der Waals surface area contributed by atoms with Crippen LogP contribution in [-0.2, 0) is 19.5 Å². The maximum Gasteiger partial charge on any atom is 0.241 e. The molecule has 0 aromatic heterocycles. The molecule has 0 saturated carbocycles. The van der Waals surface area contributed by atoms with Gasteiger partial charge in [-0.2, -0.15) is 0 Å². The largest absolute Gasteiger partial charge is 0.507 e. The third kappa shape index (κ3) is 4.65. The highest BCUT2D eigenvalue weighted by Crippen LogP contribution is 2.29. The molecule has 0 bridgehead atoms. The maximum absolute atomic E-state index is 12.4. The molecule has 0 atom stereocenters. The summed E-state index contributed by atoms with van der Waals surface area (Å²) in [6, 6.07) is 9.61. The van der Waals surface area contributed by atoms with Gasteiger partial charge in [0.2, 0.25) is 10.0 Å². The highest BCUT2D eigenvalue weighted by atomic mass is 32.2. The molecule has 2 N–H and O–H groups in total. The molecule has 2 aromatic carbocycles. The highest BCUT2D eigenvalue weighted by Gasteiger charge is 2.17. The smallest absolute Gasteiger partial charge is 0.241 e. The normalized spacial score (nSPS) is 11.9. The van der Waals surface area contributed by atoms with Crippen molar-refractivity contribution in [1.29, 1.82) is 0 Å². The van der Waals surface area contributed by atoms with E-state index in [1.54, 1.807) is 24.3 Å². The van der Waals surface area contributed by atoms with Crippen LogP contribution in [0.5, 0.6) is 5.75 Å². The molecule has 0 aliphatic heterocycles. The van der Waals surface area contributed by atoms with Crippen LogP contribution < -0.4 is 4.72 Å². The van der Waals surface area contributed by atoms with Crippen molar-refractivity contribution < 1.29 is 23.0 Å². The number of ether oxygens (including phenoxy) is 2. The second-order valence-corrected chi connectivity index (χ2v) is 6.57. The van der Waals surface area contributed by atoms with Crippen molar-refractivity contribution in [3.63, 3.8) is 0 Å². The number of rotatable bonds is 9. The molecular weight excluding hydrogens is 318 g/mol. The summed E-state index contributed by atoms with van der Waals surface area (Å²) in [5, 5.41) is 10.8. The summed E-state index contributed by atoms with van der Waals surface area (Å²) in [6.07, 6.45) is 0. The Morgan fingerprint density at radius 1 is 1.00 bits per heavy atom. The minimum Gasteiger partial charge on any atom is -0.507 e. The van der Waals surface area contributed by atoms with Crippen molar-refractivity contribution in [2.24, 2.45) is 0 Å².